The van der Waals surface area contributed by atoms with Gasteiger partial charge in [0.05, 0.1) is 0 Å². The predicted molar refractivity (Wildman–Crippen MR) is 62.7 cm³/mol. The van der Waals surface area contributed by atoms with E-state index in [2.05, 4.69) is 38.3 Å². The monoisotopic (exact) mass is 212 g/mol. The molecule has 1 unspecified atom stereocenters. The van der Waals surface area contributed by atoms with Crippen LogP contribution in [0.3, 0.4) is 0 Å². The molecular weight excluding hydrogens is 188 g/mol. The van der Waals surface area contributed by atoms with Crippen LogP contribution in [0.15, 0.2) is 0 Å². The zero-order valence-electron chi connectivity index (χ0n) is 10.4. The second-order valence-corrected chi connectivity index (χ2v) is 5.67. The molecule has 1 aliphatic rings. The molecule has 3 nitrogen and oxygen atoms in total. The summed E-state index contributed by atoms with van der Waals surface area (Å²) in [5.41, 5.74) is 0.172. The summed E-state index contributed by atoms with van der Waals surface area (Å²) in [6.45, 7) is 10.6. The van der Waals surface area contributed by atoms with Gasteiger partial charge in [0.1, 0.15) is 0 Å². The number of nitrogens with one attached hydrogen (secondary N) is 2. The van der Waals surface area contributed by atoms with E-state index < -0.39 is 0 Å². The molecule has 0 saturated carbocycles. The highest BCUT2D eigenvalue weighted by Gasteiger charge is 2.32. The molecule has 0 aromatic carbocycles. The van der Waals surface area contributed by atoms with Gasteiger partial charge in [-0.05, 0) is 24.3 Å². The third kappa shape index (κ3) is 3.82. The fourth-order valence-electron chi connectivity index (χ4n) is 2.06. The van der Waals surface area contributed by atoms with E-state index in [1.807, 2.05) is 0 Å². The molecule has 88 valence electrons. The second-order valence-electron chi connectivity index (χ2n) is 5.67. The SMILES string of the molecule is CC(C)CC(=O)NC1CCNCC1(C)C. The van der Waals surface area contributed by atoms with Gasteiger partial charge < -0.3 is 10.6 Å². The molecule has 1 amide bonds. The first kappa shape index (κ1) is 12.5. The Morgan fingerprint density at radius 1 is 1.53 bits per heavy atom. The van der Waals surface area contributed by atoms with Gasteiger partial charge in [-0.15, -0.1) is 0 Å². The molecule has 1 aliphatic heterocycles. The van der Waals surface area contributed by atoms with E-state index in [4.69, 9.17) is 0 Å². The van der Waals surface area contributed by atoms with E-state index in [0.29, 0.717) is 18.4 Å². The van der Waals surface area contributed by atoms with Crippen molar-refractivity contribution >= 4 is 5.91 Å². The first-order valence-corrected chi connectivity index (χ1v) is 5.92. The Balaban J connectivity index is 2.45. The van der Waals surface area contributed by atoms with Crippen LogP contribution in [0.1, 0.15) is 40.5 Å². The van der Waals surface area contributed by atoms with Crippen molar-refractivity contribution in [1.82, 2.24) is 10.6 Å². The number of amides is 1. The summed E-state index contributed by atoms with van der Waals surface area (Å²) in [6, 6.07) is 0.324. The molecule has 0 aliphatic carbocycles. The van der Waals surface area contributed by atoms with Gasteiger partial charge in [0, 0.05) is 19.0 Å². The second kappa shape index (κ2) is 4.97. The van der Waals surface area contributed by atoms with E-state index >= 15 is 0 Å². The number of carbonyl (C=O) groups excluding carboxylic acids is 1. The van der Waals surface area contributed by atoms with Crippen molar-refractivity contribution in [2.45, 2.75) is 46.6 Å². The predicted octanol–water partition coefficient (Wildman–Crippen LogP) is 1.54. The van der Waals surface area contributed by atoms with Crippen molar-refractivity contribution in [1.29, 1.82) is 0 Å². The van der Waals surface area contributed by atoms with Crippen LogP contribution in [0, 0.1) is 11.3 Å². The minimum atomic E-state index is 0.172. The highest BCUT2D eigenvalue weighted by atomic mass is 16.1. The summed E-state index contributed by atoms with van der Waals surface area (Å²) < 4.78 is 0. The smallest absolute Gasteiger partial charge is 0.220 e. The highest BCUT2D eigenvalue weighted by Crippen LogP contribution is 2.25. The van der Waals surface area contributed by atoms with Crippen LogP contribution in [0.2, 0.25) is 0 Å². The van der Waals surface area contributed by atoms with Gasteiger partial charge in [0.2, 0.25) is 5.91 Å². The molecule has 1 saturated heterocycles. The molecule has 0 aromatic rings. The van der Waals surface area contributed by atoms with Crippen molar-refractivity contribution in [2.75, 3.05) is 13.1 Å². The number of carbonyl (C=O) groups is 1. The van der Waals surface area contributed by atoms with Crippen LogP contribution in [0.5, 0.6) is 0 Å². The van der Waals surface area contributed by atoms with Gasteiger partial charge in [-0.2, -0.15) is 0 Å². The van der Waals surface area contributed by atoms with Crippen LogP contribution in [0.4, 0.5) is 0 Å². The topological polar surface area (TPSA) is 41.1 Å². The lowest BCUT2D eigenvalue weighted by molar-refractivity contribution is -0.123. The molecule has 0 spiro atoms. The molecule has 1 fully saturated rings. The van der Waals surface area contributed by atoms with E-state index in [-0.39, 0.29) is 11.3 Å². The van der Waals surface area contributed by atoms with Crippen LogP contribution < -0.4 is 10.6 Å². The standard InChI is InChI=1S/C12H24N2O/c1-9(2)7-11(15)14-10-5-6-13-8-12(10,3)4/h9-10,13H,5-8H2,1-4H3,(H,14,15). The molecular formula is C12H24N2O. The molecule has 0 aromatic heterocycles. The van der Waals surface area contributed by atoms with Gasteiger partial charge in [0.15, 0.2) is 0 Å². The van der Waals surface area contributed by atoms with Crippen LogP contribution in [-0.2, 0) is 4.79 Å². The van der Waals surface area contributed by atoms with Gasteiger partial charge >= 0.3 is 0 Å². The van der Waals surface area contributed by atoms with Crippen molar-refractivity contribution < 1.29 is 4.79 Å². The molecule has 1 heterocycles. The van der Waals surface area contributed by atoms with E-state index in [0.717, 1.165) is 19.5 Å². The normalized spacial score (nSPS) is 25.3. The lowest BCUT2D eigenvalue weighted by atomic mass is 9.80. The summed E-state index contributed by atoms with van der Waals surface area (Å²) in [6.07, 6.45) is 1.68. The first-order chi connectivity index (χ1) is 6.92. The molecule has 1 atom stereocenters. The molecule has 0 bridgehead atoms. The van der Waals surface area contributed by atoms with Crippen molar-refractivity contribution in [3.8, 4) is 0 Å². The minimum Gasteiger partial charge on any atom is -0.353 e. The molecule has 2 N–H and O–H groups in total. The van der Waals surface area contributed by atoms with Gasteiger partial charge in [-0.1, -0.05) is 27.7 Å². The van der Waals surface area contributed by atoms with Crippen LogP contribution in [-0.4, -0.2) is 25.0 Å². The molecule has 0 radical (unpaired) electrons. The lowest BCUT2D eigenvalue weighted by Gasteiger charge is -2.39. The lowest BCUT2D eigenvalue weighted by Crippen LogP contribution is -2.54. The van der Waals surface area contributed by atoms with E-state index in [1.54, 1.807) is 0 Å². The zero-order valence-corrected chi connectivity index (χ0v) is 10.4. The Hall–Kier alpha value is -0.570. The minimum absolute atomic E-state index is 0.172. The summed E-state index contributed by atoms with van der Waals surface area (Å²) in [7, 11) is 0. The Morgan fingerprint density at radius 3 is 2.73 bits per heavy atom. The molecule has 15 heavy (non-hydrogen) atoms. The van der Waals surface area contributed by atoms with E-state index in [1.165, 1.54) is 0 Å². The maximum absolute atomic E-state index is 11.7. The Bertz CT molecular complexity index is 224. The van der Waals surface area contributed by atoms with Gasteiger partial charge in [-0.3, -0.25) is 4.79 Å². The Labute approximate surface area is 93.0 Å². The molecule has 3 heteroatoms. The van der Waals surface area contributed by atoms with E-state index in [9.17, 15) is 4.79 Å². The Kier molecular flexibility index (Phi) is 4.14. The number of piperidine rings is 1. The maximum Gasteiger partial charge on any atom is 0.220 e. The summed E-state index contributed by atoms with van der Waals surface area (Å²) in [5.74, 6) is 0.639. The van der Waals surface area contributed by atoms with Crippen molar-refractivity contribution in [3.05, 3.63) is 0 Å². The largest absolute Gasteiger partial charge is 0.353 e. The van der Waals surface area contributed by atoms with Crippen LogP contribution in [0.25, 0.3) is 0 Å². The molecule has 1 rings (SSSR count). The third-order valence-electron chi connectivity index (χ3n) is 3.06. The average Bonchev–Trinajstić information content (AvgIpc) is 2.07. The summed E-state index contributed by atoms with van der Waals surface area (Å²) in [4.78, 5) is 11.7. The number of rotatable bonds is 3. The van der Waals surface area contributed by atoms with Crippen molar-refractivity contribution in [2.24, 2.45) is 11.3 Å². The maximum atomic E-state index is 11.7. The number of hydrogen-bond acceptors (Lipinski definition) is 2. The number of hydrogen-bond donors (Lipinski definition) is 2. The fraction of sp³-hybridized carbons (Fsp3) is 0.917. The highest BCUT2D eigenvalue weighted by molar-refractivity contribution is 5.76. The van der Waals surface area contributed by atoms with Crippen molar-refractivity contribution in [3.63, 3.8) is 0 Å². The first-order valence-electron chi connectivity index (χ1n) is 5.92. The average molecular weight is 212 g/mol. The van der Waals surface area contributed by atoms with Gasteiger partial charge in [-0.25, -0.2) is 0 Å². The fourth-order valence-corrected chi connectivity index (χ4v) is 2.06. The third-order valence-corrected chi connectivity index (χ3v) is 3.06. The Morgan fingerprint density at radius 2 is 2.20 bits per heavy atom. The zero-order chi connectivity index (χ0) is 11.5. The van der Waals surface area contributed by atoms with Crippen LogP contribution >= 0.6 is 0 Å². The quantitative estimate of drug-likeness (QED) is 0.745. The van der Waals surface area contributed by atoms with Gasteiger partial charge in [0.25, 0.3) is 0 Å². The summed E-state index contributed by atoms with van der Waals surface area (Å²) in [5, 5.41) is 6.53. The summed E-state index contributed by atoms with van der Waals surface area (Å²) >= 11 is 0.